The minimum Gasteiger partial charge on any atom is -0.477 e. The molecule has 0 radical (unpaired) electrons. The average molecular weight is 204 g/mol. The highest BCUT2D eigenvalue weighted by molar-refractivity contribution is 6.17. The van der Waals surface area contributed by atoms with Gasteiger partial charge in [0.1, 0.15) is 11.6 Å². The Morgan fingerprint density at radius 1 is 1.85 bits per heavy atom. The first kappa shape index (κ1) is 11.9. The number of aliphatic carboxylic acids is 1. The van der Waals surface area contributed by atoms with E-state index in [0.717, 1.165) is 0 Å². The van der Waals surface area contributed by atoms with Crippen LogP contribution in [0.5, 0.6) is 0 Å². The molecule has 72 valence electrons. The van der Waals surface area contributed by atoms with Crippen LogP contribution in [0.25, 0.3) is 0 Å². The second-order valence-electron chi connectivity index (χ2n) is 2.26. The van der Waals surface area contributed by atoms with Gasteiger partial charge in [0.05, 0.1) is 12.7 Å². The molecule has 0 aromatic heterocycles. The van der Waals surface area contributed by atoms with Gasteiger partial charge in [0.15, 0.2) is 0 Å². The standard InChI is InChI=1S/C8H10ClNO3/c1-6(13-3-2-9)4-7(5-10)8(11)12/h4,6H,2-3H2,1H3,(H,11,12). The van der Waals surface area contributed by atoms with E-state index < -0.39 is 12.1 Å². The van der Waals surface area contributed by atoms with Crippen molar-refractivity contribution in [3.63, 3.8) is 0 Å². The van der Waals surface area contributed by atoms with Gasteiger partial charge < -0.3 is 9.84 Å². The Hall–Kier alpha value is -1.05. The number of hydrogen-bond donors (Lipinski definition) is 1. The lowest BCUT2D eigenvalue weighted by Gasteiger charge is -2.06. The summed E-state index contributed by atoms with van der Waals surface area (Å²) in [5.41, 5.74) is -0.318. The molecule has 0 aromatic rings. The first-order chi connectivity index (χ1) is 6.11. The van der Waals surface area contributed by atoms with Crippen LogP contribution in [0.2, 0.25) is 0 Å². The summed E-state index contributed by atoms with van der Waals surface area (Å²) in [7, 11) is 0. The van der Waals surface area contributed by atoms with Crippen LogP contribution in [0, 0.1) is 11.3 Å². The van der Waals surface area contributed by atoms with Crippen LogP contribution in [-0.4, -0.2) is 29.7 Å². The van der Waals surface area contributed by atoms with Gasteiger partial charge in [-0.1, -0.05) is 0 Å². The molecule has 0 heterocycles. The van der Waals surface area contributed by atoms with Crippen molar-refractivity contribution in [2.45, 2.75) is 13.0 Å². The largest absolute Gasteiger partial charge is 0.477 e. The van der Waals surface area contributed by atoms with Gasteiger partial charge in [0, 0.05) is 5.88 Å². The van der Waals surface area contributed by atoms with Gasteiger partial charge in [-0.25, -0.2) is 4.79 Å². The van der Waals surface area contributed by atoms with E-state index in [0.29, 0.717) is 12.5 Å². The highest BCUT2D eigenvalue weighted by Gasteiger charge is 2.08. The lowest BCUT2D eigenvalue weighted by atomic mass is 10.2. The predicted molar refractivity (Wildman–Crippen MR) is 47.5 cm³/mol. The Kier molecular flexibility index (Phi) is 5.94. The van der Waals surface area contributed by atoms with Gasteiger partial charge in [-0.3, -0.25) is 0 Å². The molecule has 13 heavy (non-hydrogen) atoms. The third-order valence-electron chi connectivity index (χ3n) is 1.21. The highest BCUT2D eigenvalue weighted by atomic mass is 35.5. The van der Waals surface area contributed by atoms with Crippen LogP contribution in [0.15, 0.2) is 11.6 Å². The summed E-state index contributed by atoms with van der Waals surface area (Å²) in [5.74, 6) is -0.906. The number of ether oxygens (including phenoxy) is 1. The second kappa shape index (κ2) is 6.46. The monoisotopic (exact) mass is 203 g/mol. The molecule has 5 heteroatoms. The van der Waals surface area contributed by atoms with Crippen molar-refractivity contribution in [1.29, 1.82) is 5.26 Å². The first-order valence-corrected chi connectivity index (χ1v) is 4.18. The zero-order chi connectivity index (χ0) is 10.3. The lowest BCUT2D eigenvalue weighted by molar-refractivity contribution is -0.132. The van der Waals surface area contributed by atoms with E-state index in [2.05, 4.69) is 0 Å². The summed E-state index contributed by atoms with van der Waals surface area (Å²) < 4.78 is 5.05. The Bertz CT molecular complexity index is 244. The van der Waals surface area contributed by atoms with Crippen LogP contribution in [0.3, 0.4) is 0 Å². The molecular formula is C8H10ClNO3. The molecule has 0 aliphatic rings. The lowest BCUT2D eigenvalue weighted by Crippen LogP contribution is -2.10. The number of hydrogen-bond acceptors (Lipinski definition) is 3. The highest BCUT2D eigenvalue weighted by Crippen LogP contribution is 2.00. The molecule has 1 atom stereocenters. The molecule has 0 fully saturated rings. The summed E-state index contributed by atoms with van der Waals surface area (Å²) in [4.78, 5) is 10.4. The molecule has 0 saturated heterocycles. The molecule has 0 spiro atoms. The zero-order valence-corrected chi connectivity index (χ0v) is 7.91. The molecule has 1 unspecified atom stereocenters. The Morgan fingerprint density at radius 2 is 2.46 bits per heavy atom. The van der Waals surface area contributed by atoms with Gasteiger partial charge in [-0.2, -0.15) is 5.26 Å². The Morgan fingerprint density at radius 3 is 2.85 bits per heavy atom. The summed E-state index contributed by atoms with van der Waals surface area (Å²) in [6.45, 7) is 1.98. The minimum atomic E-state index is -1.25. The fourth-order valence-corrected chi connectivity index (χ4v) is 0.759. The van der Waals surface area contributed by atoms with Crippen LogP contribution >= 0.6 is 11.6 Å². The van der Waals surface area contributed by atoms with Crippen molar-refractivity contribution in [3.05, 3.63) is 11.6 Å². The number of carbonyl (C=O) groups is 1. The minimum absolute atomic E-state index is 0.318. The van der Waals surface area contributed by atoms with Crippen LogP contribution in [-0.2, 0) is 9.53 Å². The average Bonchev–Trinajstić information content (AvgIpc) is 2.10. The topological polar surface area (TPSA) is 70.3 Å². The van der Waals surface area contributed by atoms with Crippen LogP contribution in [0.4, 0.5) is 0 Å². The Labute approximate surface area is 81.4 Å². The van der Waals surface area contributed by atoms with Crippen molar-refractivity contribution < 1.29 is 14.6 Å². The van der Waals surface area contributed by atoms with E-state index in [9.17, 15) is 4.79 Å². The fourth-order valence-electron chi connectivity index (χ4n) is 0.670. The fraction of sp³-hybridized carbons (Fsp3) is 0.500. The van der Waals surface area contributed by atoms with Crippen molar-refractivity contribution in [1.82, 2.24) is 0 Å². The predicted octanol–water partition coefficient (Wildman–Crippen LogP) is 1.16. The van der Waals surface area contributed by atoms with E-state index in [-0.39, 0.29) is 5.57 Å². The molecule has 4 nitrogen and oxygen atoms in total. The molecule has 0 aliphatic carbocycles. The molecule has 0 rings (SSSR count). The third-order valence-corrected chi connectivity index (χ3v) is 1.36. The maximum atomic E-state index is 10.4. The number of nitriles is 1. The van der Waals surface area contributed by atoms with Crippen LogP contribution < -0.4 is 0 Å². The number of nitrogens with zero attached hydrogens (tertiary/aromatic N) is 1. The molecule has 0 aromatic carbocycles. The van der Waals surface area contributed by atoms with Crippen molar-refractivity contribution in [2.24, 2.45) is 0 Å². The molecular weight excluding hydrogens is 194 g/mol. The van der Waals surface area contributed by atoms with E-state index in [1.165, 1.54) is 6.08 Å². The number of rotatable bonds is 5. The second-order valence-corrected chi connectivity index (χ2v) is 2.64. The normalized spacial score (nSPS) is 13.5. The zero-order valence-electron chi connectivity index (χ0n) is 7.16. The summed E-state index contributed by atoms with van der Waals surface area (Å²) >= 11 is 5.35. The van der Waals surface area contributed by atoms with Crippen molar-refractivity contribution in [2.75, 3.05) is 12.5 Å². The summed E-state index contributed by atoms with van der Waals surface area (Å²) in [6.07, 6.45) is 0.832. The molecule has 0 aliphatic heterocycles. The maximum absolute atomic E-state index is 10.4. The smallest absolute Gasteiger partial charge is 0.346 e. The summed E-state index contributed by atoms with van der Waals surface area (Å²) in [6, 6.07) is 1.56. The van der Waals surface area contributed by atoms with Gasteiger partial charge in [0.25, 0.3) is 0 Å². The quantitative estimate of drug-likeness (QED) is 0.414. The van der Waals surface area contributed by atoms with E-state index in [4.69, 9.17) is 26.7 Å². The van der Waals surface area contributed by atoms with Crippen molar-refractivity contribution >= 4 is 17.6 Å². The van der Waals surface area contributed by atoms with Gasteiger partial charge in [-0.05, 0) is 13.0 Å². The SMILES string of the molecule is CC(C=C(C#N)C(=O)O)OCCCl. The molecule has 0 saturated carbocycles. The number of alkyl halides is 1. The van der Waals surface area contributed by atoms with E-state index in [1.807, 2.05) is 0 Å². The van der Waals surface area contributed by atoms with E-state index >= 15 is 0 Å². The third kappa shape index (κ3) is 5.23. The summed E-state index contributed by atoms with van der Waals surface area (Å²) in [5, 5.41) is 16.9. The van der Waals surface area contributed by atoms with E-state index in [1.54, 1.807) is 13.0 Å². The molecule has 1 N–H and O–H groups in total. The van der Waals surface area contributed by atoms with Gasteiger partial charge in [-0.15, -0.1) is 11.6 Å². The molecule has 0 amide bonds. The van der Waals surface area contributed by atoms with Crippen molar-refractivity contribution in [3.8, 4) is 6.07 Å². The first-order valence-electron chi connectivity index (χ1n) is 3.64. The number of carboxylic acid groups (broad SMARTS) is 1. The number of halogens is 1. The maximum Gasteiger partial charge on any atom is 0.346 e. The van der Waals surface area contributed by atoms with Gasteiger partial charge in [0.2, 0.25) is 0 Å². The number of carboxylic acids is 1. The van der Waals surface area contributed by atoms with Gasteiger partial charge >= 0.3 is 5.97 Å². The van der Waals surface area contributed by atoms with Crippen LogP contribution in [0.1, 0.15) is 6.92 Å². The molecule has 0 bridgehead atoms. The Balaban J connectivity index is 4.19.